The van der Waals surface area contributed by atoms with Gasteiger partial charge in [0.05, 0.1) is 0 Å². The summed E-state index contributed by atoms with van der Waals surface area (Å²) in [6.07, 6.45) is 3.61. The summed E-state index contributed by atoms with van der Waals surface area (Å²) in [5.74, 6) is 0.656. The first-order chi connectivity index (χ1) is 9.70. The number of pyridine rings is 1. The summed E-state index contributed by atoms with van der Waals surface area (Å²) in [4.78, 5) is 18.6. The SMILES string of the molecule is CCCNc1cccc(C(=O)NCCN(C)C2CC2)n1. The van der Waals surface area contributed by atoms with Gasteiger partial charge in [0, 0.05) is 25.7 Å². The average molecular weight is 276 g/mol. The number of nitrogens with zero attached hydrogens (tertiary/aromatic N) is 2. The van der Waals surface area contributed by atoms with Crippen molar-refractivity contribution in [2.75, 3.05) is 32.0 Å². The Bertz CT molecular complexity index is 445. The molecule has 0 atom stereocenters. The zero-order chi connectivity index (χ0) is 14.4. The van der Waals surface area contributed by atoms with Crippen LogP contribution in [0.2, 0.25) is 0 Å². The molecule has 5 heteroatoms. The van der Waals surface area contributed by atoms with Gasteiger partial charge in [-0.25, -0.2) is 4.98 Å². The molecule has 0 radical (unpaired) electrons. The maximum absolute atomic E-state index is 12.0. The molecule has 1 heterocycles. The standard InChI is InChI=1S/C15H24N4O/c1-3-9-16-14-6-4-5-13(18-14)15(20)17-10-11-19(2)12-7-8-12/h4-6,12H,3,7-11H2,1-2H3,(H,16,18)(H,17,20). The second-order valence-electron chi connectivity index (χ2n) is 5.30. The van der Waals surface area contributed by atoms with Crippen LogP contribution in [0.1, 0.15) is 36.7 Å². The molecule has 20 heavy (non-hydrogen) atoms. The number of amides is 1. The summed E-state index contributed by atoms with van der Waals surface area (Å²) in [6.45, 7) is 4.52. The van der Waals surface area contributed by atoms with E-state index >= 15 is 0 Å². The van der Waals surface area contributed by atoms with Crippen molar-refractivity contribution in [3.8, 4) is 0 Å². The van der Waals surface area contributed by atoms with Gasteiger partial charge in [-0.3, -0.25) is 4.79 Å². The van der Waals surface area contributed by atoms with Gasteiger partial charge in [-0.05, 0) is 38.4 Å². The fourth-order valence-corrected chi connectivity index (χ4v) is 2.05. The molecule has 1 amide bonds. The monoisotopic (exact) mass is 276 g/mol. The number of anilines is 1. The Hall–Kier alpha value is -1.62. The molecule has 1 aliphatic carbocycles. The molecule has 5 nitrogen and oxygen atoms in total. The van der Waals surface area contributed by atoms with E-state index in [0.29, 0.717) is 12.2 Å². The maximum atomic E-state index is 12.0. The molecule has 2 rings (SSSR count). The number of likely N-dealkylation sites (N-methyl/N-ethyl adjacent to an activating group) is 1. The number of aromatic nitrogens is 1. The predicted molar refractivity (Wildman–Crippen MR) is 81.0 cm³/mol. The molecule has 1 saturated carbocycles. The van der Waals surface area contributed by atoms with Crippen LogP contribution in [0.5, 0.6) is 0 Å². The topological polar surface area (TPSA) is 57.3 Å². The molecule has 2 N–H and O–H groups in total. The Labute approximate surface area is 120 Å². The predicted octanol–water partition coefficient (Wildman–Crippen LogP) is 1.73. The molecule has 0 bridgehead atoms. The molecule has 1 aromatic heterocycles. The van der Waals surface area contributed by atoms with Crippen molar-refractivity contribution in [1.29, 1.82) is 0 Å². The zero-order valence-corrected chi connectivity index (χ0v) is 12.4. The summed E-state index contributed by atoms with van der Waals surface area (Å²) < 4.78 is 0. The summed E-state index contributed by atoms with van der Waals surface area (Å²) in [5.41, 5.74) is 0.472. The normalized spacial score (nSPS) is 14.3. The van der Waals surface area contributed by atoms with Gasteiger partial charge in [-0.15, -0.1) is 0 Å². The Morgan fingerprint density at radius 2 is 2.20 bits per heavy atom. The first-order valence-electron chi connectivity index (χ1n) is 7.40. The van der Waals surface area contributed by atoms with E-state index in [1.807, 2.05) is 12.1 Å². The third-order valence-electron chi connectivity index (χ3n) is 3.46. The van der Waals surface area contributed by atoms with Gasteiger partial charge in [0.2, 0.25) is 0 Å². The van der Waals surface area contributed by atoms with Crippen LogP contribution in [-0.4, -0.2) is 48.5 Å². The second kappa shape index (κ2) is 7.24. The van der Waals surface area contributed by atoms with Crippen LogP contribution in [0, 0.1) is 0 Å². The van der Waals surface area contributed by atoms with Crippen LogP contribution in [-0.2, 0) is 0 Å². The van der Waals surface area contributed by atoms with Crippen molar-refractivity contribution in [2.24, 2.45) is 0 Å². The lowest BCUT2D eigenvalue weighted by atomic mass is 10.3. The van der Waals surface area contributed by atoms with E-state index in [2.05, 4.69) is 34.5 Å². The van der Waals surface area contributed by atoms with Crippen molar-refractivity contribution in [3.63, 3.8) is 0 Å². The first kappa shape index (κ1) is 14.8. The average Bonchev–Trinajstić information content (AvgIpc) is 3.29. The molecule has 0 unspecified atom stereocenters. The highest BCUT2D eigenvalue weighted by Gasteiger charge is 2.25. The second-order valence-corrected chi connectivity index (χ2v) is 5.30. The van der Waals surface area contributed by atoms with Gasteiger partial charge in [0.15, 0.2) is 0 Å². The Morgan fingerprint density at radius 1 is 1.40 bits per heavy atom. The molecule has 110 valence electrons. The lowest BCUT2D eigenvalue weighted by molar-refractivity contribution is 0.0944. The lowest BCUT2D eigenvalue weighted by Gasteiger charge is -2.15. The van der Waals surface area contributed by atoms with E-state index < -0.39 is 0 Å². The van der Waals surface area contributed by atoms with Crippen LogP contribution >= 0.6 is 0 Å². The smallest absolute Gasteiger partial charge is 0.270 e. The summed E-state index contributed by atoms with van der Waals surface area (Å²) in [6, 6.07) is 6.22. The van der Waals surface area contributed by atoms with Crippen molar-refractivity contribution >= 4 is 11.7 Å². The van der Waals surface area contributed by atoms with Crippen LogP contribution in [0.15, 0.2) is 18.2 Å². The lowest BCUT2D eigenvalue weighted by Crippen LogP contribution is -2.34. The van der Waals surface area contributed by atoms with E-state index in [1.165, 1.54) is 12.8 Å². The largest absolute Gasteiger partial charge is 0.370 e. The van der Waals surface area contributed by atoms with Crippen LogP contribution in [0.25, 0.3) is 0 Å². The van der Waals surface area contributed by atoms with Gasteiger partial charge >= 0.3 is 0 Å². The van der Waals surface area contributed by atoms with E-state index in [1.54, 1.807) is 6.07 Å². The molecular formula is C15H24N4O. The Kier molecular flexibility index (Phi) is 5.35. The third kappa shape index (κ3) is 4.49. The van der Waals surface area contributed by atoms with Crippen molar-refractivity contribution < 1.29 is 4.79 Å². The minimum Gasteiger partial charge on any atom is -0.370 e. The number of rotatable bonds is 8. The van der Waals surface area contributed by atoms with Gasteiger partial charge < -0.3 is 15.5 Å². The summed E-state index contributed by atoms with van der Waals surface area (Å²) in [5, 5.41) is 6.11. The Balaban J connectivity index is 1.78. The fourth-order valence-electron chi connectivity index (χ4n) is 2.05. The van der Waals surface area contributed by atoms with Gasteiger partial charge in [-0.2, -0.15) is 0 Å². The van der Waals surface area contributed by atoms with Crippen LogP contribution in [0.4, 0.5) is 5.82 Å². The number of hydrogen-bond acceptors (Lipinski definition) is 4. The minimum absolute atomic E-state index is 0.102. The molecule has 0 aromatic carbocycles. The number of carbonyl (C=O) groups is 1. The van der Waals surface area contributed by atoms with Gasteiger partial charge in [-0.1, -0.05) is 13.0 Å². The zero-order valence-electron chi connectivity index (χ0n) is 12.4. The van der Waals surface area contributed by atoms with Crippen LogP contribution < -0.4 is 10.6 Å². The van der Waals surface area contributed by atoms with E-state index in [-0.39, 0.29) is 5.91 Å². The van der Waals surface area contributed by atoms with Crippen LogP contribution in [0.3, 0.4) is 0 Å². The Morgan fingerprint density at radius 3 is 2.90 bits per heavy atom. The van der Waals surface area contributed by atoms with E-state index in [4.69, 9.17) is 0 Å². The molecule has 0 spiro atoms. The summed E-state index contributed by atoms with van der Waals surface area (Å²) >= 11 is 0. The molecule has 1 aromatic rings. The molecular weight excluding hydrogens is 252 g/mol. The van der Waals surface area contributed by atoms with E-state index in [9.17, 15) is 4.79 Å². The highest BCUT2D eigenvalue weighted by molar-refractivity contribution is 5.92. The number of hydrogen-bond donors (Lipinski definition) is 2. The quantitative estimate of drug-likeness (QED) is 0.759. The molecule has 1 aliphatic rings. The number of nitrogens with one attached hydrogen (secondary N) is 2. The fraction of sp³-hybridized carbons (Fsp3) is 0.600. The number of carbonyl (C=O) groups excluding carboxylic acids is 1. The summed E-state index contributed by atoms with van der Waals surface area (Å²) in [7, 11) is 2.11. The van der Waals surface area contributed by atoms with Crippen molar-refractivity contribution in [1.82, 2.24) is 15.2 Å². The third-order valence-corrected chi connectivity index (χ3v) is 3.46. The van der Waals surface area contributed by atoms with Crippen molar-refractivity contribution in [3.05, 3.63) is 23.9 Å². The van der Waals surface area contributed by atoms with Crippen molar-refractivity contribution in [2.45, 2.75) is 32.2 Å². The highest BCUT2D eigenvalue weighted by atomic mass is 16.1. The molecule has 0 saturated heterocycles. The highest BCUT2D eigenvalue weighted by Crippen LogP contribution is 2.24. The van der Waals surface area contributed by atoms with Gasteiger partial charge in [0.1, 0.15) is 11.5 Å². The first-order valence-corrected chi connectivity index (χ1v) is 7.40. The molecule has 0 aliphatic heterocycles. The minimum atomic E-state index is -0.102. The van der Waals surface area contributed by atoms with E-state index in [0.717, 1.165) is 31.4 Å². The maximum Gasteiger partial charge on any atom is 0.270 e. The molecule has 1 fully saturated rings. The van der Waals surface area contributed by atoms with Gasteiger partial charge in [0.25, 0.3) is 5.91 Å².